The van der Waals surface area contributed by atoms with Gasteiger partial charge in [-0.2, -0.15) is 39.5 Å². The molecule has 0 aromatic rings. The number of hydrogen-bond acceptors (Lipinski definition) is 3. The number of rotatable bonds is 12. The number of ether oxygens (including phenoxy) is 3. The van der Waals surface area contributed by atoms with Crippen LogP contribution in [-0.4, -0.2) is 88.1 Å². The normalized spacial score (nSPS) is 32.7. The monoisotopic (exact) mass is 704 g/mol. The second-order valence-corrected chi connectivity index (χ2v) is 29.2. The lowest BCUT2D eigenvalue weighted by Crippen LogP contribution is -2.83. The van der Waals surface area contributed by atoms with Crippen LogP contribution in [-0.2, 0) is 14.2 Å². The van der Waals surface area contributed by atoms with Gasteiger partial charge >= 0.3 is 18.5 Å². The highest BCUT2D eigenvalue weighted by Crippen LogP contribution is 2.51. The minimum atomic E-state index is -4.37. The first-order valence-electron chi connectivity index (χ1n) is 16.0. The summed E-state index contributed by atoms with van der Waals surface area (Å²) in [5.74, 6) is 0. The average molecular weight is 705 g/mol. The number of halogens is 9. The van der Waals surface area contributed by atoms with Crippen LogP contribution in [0.15, 0.2) is 0 Å². The number of alkyl halides is 9. The lowest BCUT2D eigenvalue weighted by Gasteiger charge is -2.64. The van der Waals surface area contributed by atoms with Crippen LogP contribution in [0.4, 0.5) is 39.5 Å². The summed E-state index contributed by atoms with van der Waals surface area (Å²) < 4.78 is 143. The lowest BCUT2D eigenvalue weighted by molar-refractivity contribution is -0.131. The molecule has 16 heteroatoms. The van der Waals surface area contributed by atoms with Gasteiger partial charge in [-0.05, 0) is 75.9 Å². The van der Waals surface area contributed by atoms with E-state index in [0.717, 1.165) is 38.5 Å². The van der Waals surface area contributed by atoms with E-state index in [1.807, 2.05) is 19.6 Å². The first kappa shape index (κ1) is 37.6. The van der Waals surface area contributed by atoms with Crippen LogP contribution in [0.5, 0.6) is 0 Å². The van der Waals surface area contributed by atoms with Crippen LogP contribution in [0.3, 0.4) is 0 Å². The molecule has 3 fully saturated rings. The Kier molecular flexibility index (Phi) is 13.0. The molecule has 3 heterocycles. The standard InChI is InChI=1S/C27H49F9O3Si4/c1-40(19-13-22(28,29)30)25(10-4-7-16-37-25)43(26(11-5-8-17-38-26)41(2)20-14-23(31,32)33)27(12-6-9-18-39-27)42(3)21-15-24(34,35)36/h40-43H,4-21H2,1-3H3. The van der Waals surface area contributed by atoms with Gasteiger partial charge in [-0.3, -0.25) is 0 Å². The molecule has 0 spiro atoms. The van der Waals surface area contributed by atoms with Gasteiger partial charge in [0, 0.05) is 53.6 Å². The molecule has 0 amide bonds. The van der Waals surface area contributed by atoms with E-state index in [1.54, 1.807) is 0 Å². The minimum Gasteiger partial charge on any atom is -0.382 e. The van der Waals surface area contributed by atoms with Crippen molar-refractivity contribution in [2.45, 2.75) is 148 Å². The predicted octanol–water partition coefficient (Wildman–Crippen LogP) is 7.69. The van der Waals surface area contributed by atoms with Gasteiger partial charge < -0.3 is 14.2 Å². The molecule has 0 N–H and O–H groups in total. The van der Waals surface area contributed by atoms with Crippen LogP contribution >= 0.6 is 0 Å². The van der Waals surface area contributed by atoms with Crippen molar-refractivity contribution in [2.24, 2.45) is 0 Å². The Bertz CT molecular complexity index is 745. The molecule has 254 valence electrons. The third-order valence-corrected chi connectivity index (χ3v) is 32.8. The maximum Gasteiger partial charge on any atom is 0.388 e. The van der Waals surface area contributed by atoms with Crippen molar-refractivity contribution in [3.8, 4) is 0 Å². The summed E-state index contributed by atoms with van der Waals surface area (Å²) in [6, 6.07) is -0.220. The molecule has 3 aliphatic heterocycles. The van der Waals surface area contributed by atoms with Crippen LogP contribution in [0.25, 0.3) is 0 Å². The van der Waals surface area contributed by atoms with Crippen molar-refractivity contribution in [1.82, 2.24) is 0 Å². The highest BCUT2D eigenvalue weighted by Gasteiger charge is 2.68. The molecular formula is C27H49F9O3Si4. The highest BCUT2D eigenvalue weighted by atomic mass is 28.4. The Morgan fingerprint density at radius 2 is 0.721 bits per heavy atom. The topological polar surface area (TPSA) is 27.7 Å². The van der Waals surface area contributed by atoms with Gasteiger partial charge in [0.1, 0.15) is 8.80 Å². The summed E-state index contributed by atoms with van der Waals surface area (Å²) in [5, 5.41) is 0. The van der Waals surface area contributed by atoms with E-state index in [9.17, 15) is 39.5 Å². The van der Waals surface area contributed by atoms with Crippen molar-refractivity contribution < 1.29 is 53.7 Å². The van der Waals surface area contributed by atoms with E-state index in [4.69, 9.17) is 14.2 Å². The molecule has 0 aliphatic carbocycles. The molecule has 3 nitrogen and oxygen atoms in total. The summed E-state index contributed by atoms with van der Waals surface area (Å²) in [4.78, 5) is -2.80. The summed E-state index contributed by atoms with van der Waals surface area (Å²) in [5.41, 5.74) is 0. The molecule has 0 aromatic heterocycles. The average Bonchev–Trinajstić information content (AvgIpc) is 2.93. The smallest absolute Gasteiger partial charge is 0.382 e. The van der Waals surface area contributed by atoms with Crippen LogP contribution in [0.1, 0.15) is 77.0 Å². The second-order valence-electron chi connectivity index (χ2n) is 13.4. The van der Waals surface area contributed by atoms with Gasteiger partial charge in [-0.25, -0.2) is 0 Å². The summed E-state index contributed by atoms with van der Waals surface area (Å²) in [6.45, 7) is 6.72. The Labute approximate surface area is 256 Å². The van der Waals surface area contributed by atoms with Crippen molar-refractivity contribution in [3.63, 3.8) is 0 Å². The summed E-state index contributed by atoms with van der Waals surface area (Å²) in [7, 11) is -10.2. The van der Waals surface area contributed by atoms with E-state index >= 15 is 0 Å². The summed E-state index contributed by atoms with van der Waals surface area (Å²) >= 11 is 0. The van der Waals surface area contributed by atoms with Gasteiger partial charge in [0.15, 0.2) is 0 Å². The fourth-order valence-electron chi connectivity index (χ4n) is 8.33. The van der Waals surface area contributed by atoms with Gasteiger partial charge in [0.2, 0.25) is 0 Å². The minimum absolute atomic E-state index is 0.0733. The van der Waals surface area contributed by atoms with Crippen molar-refractivity contribution in [3.05, 3.63) is 0 Å². The maximum atomic E-state index is 13.6. The molecule has 43 heavy (non-hydrogen) atoms. The fourth-order valence-corrected chi connectivity index (χ4v) is 35.3. The first-order chi connectivity index (χ1) is 19.9. The molecular weight excluding hydrogens is 656 g/mol. The zero-order valence-electron chi connectivity index (χ0n) is 25.7. The van der Waals surface area contributed by atoms with Gasteiger partial charge in [-0.15, -0.1) is 0 Å². The Balaban J connectivity index is 2.26. The second kappa shape index (κ2) is 14.9. The van der Waals surface area contributed by atoms with Gasteiger partial charge in [0.25, 0.3) is 0 Å². The lowest BCUT2D eigenvalue weighted by atomic mass is 10.2. The quantitative estimate of drug-likeness (QED) is 0.154. The molecule has 0 bridgehead atoms. The maximum absolute atomic E-state index is 13.6. The van der Waals surface area contributed by atoms with Gasteiger partial charge in [0.05, 0.1) is 26.4 Å². The summed E-state index contributed by atoms with van der Waals surface area (Å²) in [6.07, 6.45) is -10.1. The van der Waals surface area contributed by atoms with E-state index in [2.05, 4.69) is 0 Å². The first-order valence-corrected chi connectivity index (χ1v) is 25.4. The Hall–Kier alpha value is 0.118. The van der Waals surface area contributed by atoms with E-state index in [-0.39, 0.29) is 18.1 Å². The predicted molar refractivity (Wildman–Crippen MR) is 160 cm³/mol. The number of hydrogen-bond donors (Lipinski definition) is 0. The Morgan fingerprint density at radius 1 is 0.465 bits per heavy atom. The van der Waals surface area contributed by atoms with Crippen molar-refractivity contribution >= 4 is 35.2 Å². The molecule has 0 aromatic carbocycles. The van der Waals surface area contributed by atoms with E-state index in [1.165, 1.54) is 0 Å². The molecule has 6 unspecified atom stereocenters. The van der Waals surface area contributed by atoms with Crippen molar-refractivity contribution in [1.29, 1.82) is 0 Å². The molecule has 0 radical (unpaired) electrons. The SMILES string of the molecule is C[SiH](CCC(F)(F)F)C1([SiH](C2([SiH](C)CCC(F)(F)F)CCCCO2)C2([SiH](C)CCC(F)(F)F)CCCCO2)CCCCO1. The molecule has 3 saturated heterocycles. The van der Waals surface area contributed by atoms with Crippen LogP contribution in [0.2, 0.25) is 37.8 Å². The molecule has 6 atom stereocenters. The van der Waals surface area contributed by atoms with Crippen LogP contribution < -0.4 is 0 Å². The van der Waals surface area contributed by atoms with E-state index in [0.29, 0.717) is 39.1 Å². The molecule has 3 aliphatic rings. The van der Waals surface area contributed by atoms with Crippen molar-refractivity contribution in [2.75, 3.05) is 19.8 Å². The Morgan fingerprint density at radius 3 is 0.907 bits per heavy atom. The zero-order chi connectivity index (χ0) is 32.2. The molecule has 3 rings (SSSR count). The fraction of sp³-hybridized carbons (Fsp3) is 1.00. The largest absolute Gasteiger partial charge is 0.388 e. The third-order valence-electron chi connectivity index (χ3n) is 10.5. The third kappa shape index (κ3) is 9.58. The van der Waals surface area contributed by atoms with Crippen LogP contribution in [0, 0.1) is 0 Å². The highest BCUT2D eigenvalue weighted by molar-refractivity contribution is 6.98. The molecule has 0 saturated carbocycles. The van der Waals surface area contributed by atoms with Gasteiger partial charge in [-0.1, -0.05) is 19.6 Å². The zero-order valence-corrected chi connectivity index (χ0v) is 30.3. The van der Waals surface area contributed by atoms with E-state index < -0.39 is 87.5 Å².